The van der Waals surface area contributed by atoms with E-state index < -0.39 is 0 Å². The monoisotopic (exact) mass is 190 g/mol. The summed E-state index contributed by atoms with van der Waals surface area (Å²) >= 11 is 0. The highest BCUT2D eigenvalue weighted by atomic mass is 14.3. The smallest absolute Gasteiger partial charge is 0.00791 e. The highest BCUT2D eigenvalue weighted by molar-refractivity contribution is 5.25. The van der Waals surface area contributed by atoms with Crippen LogP contribution in [-0.2, 0) is 0 Å². The standard InChI is InChI=1S/C14H22/c1-5-6-7-10-13-12(2)9-8-11-14(13,3)4/h6-9,13H,2,5,10-11H2,1,3-4H3/b7-6-/t13-/m0/s1. The Balaban J connectivity index is 2.68. The lowest BCUT2D eigenvalue weighted by Gasteiger charge is -2.36. The molecule has 1 aliphatic rings. The van der Waals surface area contributed by atoms with Crippen molar-refractivity contribution in [3.63, 3.8) is 0 Å². The summed E-state index contributed by atoms with van der Waals surface area (Å²) in [4.78, 5) is 0. The molecule has 0 heterocycles. The minimum atomic E-state index is 0.379. The summed E-state index contributed by atoms with van der Waals surface area (Å²) in [5.41, 5.74) is 1.67. The molecule has 0 radical (unpaired) electrons. The first-order valence-corrected chi connectivity index (χ1v) is 5.58. The second-order valence-electron chi connectivity index (χ2n) is 4.84. The molecule has 0 nitrogen and oxygen atoms in total. The van der Waals surface area contributed by atoms with E-state index in [9.17, 15) is 0 Å². The SMILES string of the molecule is C=C1C=CCC(C)(C)[C@H]1C/C=C\CC. The zero-order chi connectivity index (χ0) is 10.6. The normalized spacial score (nSPS) is 25.9. The fourth-order valence-electron chi connectivity index (χ4n) is 2.14. The Hall–Kier alpha value is -0.780. The van der Waals surface area contributed by atoms with Gasteiger partial charge in [0.05, 0.1) is 0 Å². The van der Waals surface area contributed by atoms with Gasteiger partial charge in [0.2, 0.25) is 0 Å². The van der Waals surface area contributed by atoms with E-state index in [1.54, 1.807) is 0 Å². The quantitative estimate of drug-likeness (QED) is 0.575. The van der Waals surface area contributed by atoms with Gasteiger partial charge in [-0.1, -0.05) is 57.2 Å². The maximum Gasteiger partial charge on any atom is -0.00791 e. The number of hydrogen-bond donors (Lipinski definition) is 0. The fraction of sp³-hybridized carbons (Fsp3) is 0.571. The highest BCUT2D eigenvalue weighted by Gasteiger charge is 2.30. The van der Waals surface area contributed by atoms with Crippen LogP contribution in [0.15, 0.2) is 36.5 Å². The van der Waals surface area contributed by atoms with Crippen molar-refractivity contribution >= 4 is 0 Å². The summed E-state index contributed by atoms with van der Waals surface area (Å²) < 4.78 is 0. The van der Waals surface area contributed by atoms with Crippen molar-refractivity contribution in [2.75, 3.05) is 0 Å². The van der Waals surface area contributed by atoms with Gasteiger partial charge in [-0.3, -0.25) is 0 Å². The lowest BCUT2D eigenvalue weighted by atomic mass is 9.68. The molecule has 0 amide bonds. The molecule has 1 rings (SSSR count). The Labute approximate surface area is 88.4 Å². The molecular formula is C14H22. The van der Waals surface area contributed by atoms with Crippen LogP contribution in [0.5, 0.6) is 0 Å². The van der Waals surface area contributed by atoms with Crippen LogP contribution in [0.25, 0.3) is 0 Å². The van der Waals surface area contributed by atoms with Crippen LogP contribution in [0.4, 0.5) is 0 Å². The van der Waals surface area contributed by atoms with Gasteiger partial charge in [0.15, 0.2) is 0 Å². The third kappa shape index (κ3) is 2.60. The summed E-state index contributed by atoms with van der Waals surface area (Å²) in [6.07, 6.45) is 12.5. The van der Waals surface area contributed by atoms with Gasteiger partial charge in [-0.15, -0.1) is 0 Å². The van der Waals surface area contributed by atoms with Crippen molar-refractivity contribution < 1.29 is 0 Å². The molecule has 0 aromatic rings. The molecule has 78 valence electrons. The first-order chi connectivity index (χ1) is 6.58. The van der Waals surface area contributed by atoms with Crippen LogP contribution in [0.2, 0.25) is 0 Å². The van der Waals surface area contributed by atoms with Gasteiger partial charge in [-0.2, -0.15) is 0 Å². The van der Waals surface area contributed by atoms with Crippen LogP contribution >= 0.6 is 0 Å². The van der Waals surface area contributed by atoms with Gasteiger partial charge in [-0.05, 0) is 30.6 Å². The maximum absolute atomic E-state index is 4.15. The molecule has 14 heavy (non-hydrogen) atoms. The van der Waals surface area contributed by atoms with Gasteiger partial charge < -0.3 is 0 Å². The third-order valence-corrected chi connectivity index (χ3v) is 3.14. The van der Waals surface area contributed by atoms with E-state index >= 15 is 0 Å². The zero-order valence-electron chi connectivity index (χ0n) is 9.72. The fourth-order valence-corrected chi connectivity index (χ4v) is 2.14. The summed E-state index contributed by atoms with van der Waals surface area (Å²) in [6, 6.07) is 0. The van der Waals surface area contributed by atoms with Crippen molar-refractivity contribution in [2.24, 2.45) is 11.3 Å². The lowest BCUT2D eigenvalue weighted by molar-refractivity contribution is 0.248. The molecule has 0 bridgehead atoms. The van der Waals surface area contributed by atoms with Crippen LogP contribution in [0.1, 0.15) is 40.0 Å². The van der Waals surface area contributed by atoms with E-state index in [0.29, 0.717) is 11.3 Å². The number of hydrogen-bond acceptors (Lipinski definition) is 0. The summed E-state index contributed by atoms with van der Waals surface area (Å²) in [7, 11) is 0. The topological polar surface area (TPSA) is 0 Å². The highest BCUT2D eigenvalue weighted by Crippen LogP contribution is 2.41. The predicted molar refractivity (Wildman–Crippen MR) is 64.2 cm³/mol. The van der Waals surface area contributed by atoms with E-state index in [0.717, 1.165) is 12.8 Å². The molecule has 1 atom stereocenters. The first kappa shape index (κ1) is 11.3. The van der Waals surface area contributed by atoms with E-state index in [-0.39, 0.29) is 0 Å². The third-order valence-electron chi connectivity index (χ3n) is 3.14. The maximum atomic E-state index is 4.15. The molecule has 0 aromatic heterocycles. The van der Waals surface area contributed by atoms with Gasteiger partial charge in [-0.25, -0.2) is 0 Å². The molecule has 0 aliphatic heterocycles. The second kappa shape index (κ2) is 4.63. The molecule has 0 heteroatoms. The molecule has 0 saturated carbocycles. The van der Waals surface area contributed by atoms with E-state index in [4.69, 9.17) is 0 Å². The largest absolute Gasteiger partial charge is 0.0955 e. The molecule has 1 aliphatic carbocycles. The van der Waals surface area contributed by atoms with Crippen molar-refractivity contribution in [1.82, 2.24) is 0 Å². The van der Waals surface area contributed by atoms with Crippen molar-refractivity contribution in [2.45, 2.75) is 40.0 Å². The van der Waals surface area contributed by atoms with Crippen molar-refractivity contribution in [1.29, 1.82) is 0 Å². The molecule has 0 fully saturated rings. The average Bonchev–Trinajstić information content (AvgIpc) is 2.09. The summed E-state index contributed by atoms with van der Waals surface area (Å²) in [6.45, 7) is 11.0. The Morgan fingerprint density at radius 3 is 2.79 bits per heavy atom. The van der Waals surface area contributed by atoms with E-state index in [1.807, 2.05) is 0 Å². The average molecular weight is 190 g/mol. The van der Waals surface area contributed by atoms with E-state index in [2.05, 4.69) is 51.7 Å². The number of rotatable bonds is 3. The molecule has 0 unspecified atom stereocenters. The van der Waals surface area contributed by atoms with Crippen LogP contribution in [-0.4, -0.2) is 0 Å². The summed E-state index contributed by atoms with van der Waals surface area (Å²) in [5.74, 6) is 0.621. The Kier molecular flexibility index (Phi) is 3.74. The van der Waals surface area contributed by atoms with Crippen LogP contribution in [0, 0.1) is 11.3 Å². The molecule has 0 spiro atoms. The molecular weight excluding hydrogens is 168 g/mol. The second-order valence-corrected chi connectivity index (χ2v) is 4.84. The Morgan fingerprint density at radius 2 is 2.21 bits per heavy atom. The van der Waals surface area contributed by atoms with Gasteiger partial charge in [0.25, 0.3) is 0 Å². The Morgan fingerprint density at radius 1 is 1.50 bits per heavy atom. The first-order valence-electron chi connectivity index (χ1n) is 5.58. The van der Waals surface area contributed by atoms with Crippen LogP contribution in [0.3, 0.4) is 0 Å². The van der Waals surface area contributed by atoms with Crippen molar-refractivity contribution in [3.05, 3.63) is 36.5 Å². The molecule has 0 aromatic carbocycles. The van der Waals surface area contributed by atoms with Gasteiger partial charge in [0.1, 0.15) is 0 Å². The van der Waals surface area contributed by atoms with Crippen LogP contribution < -0.4 is 0 Å². The van der Waals surface area contributed by atoms with E-state index in [1.165, 1.54) is 12.0 Å². The molecule has 0 saturated heterocycles. The number of allylic oxidation sites excluding steroid dienone is 5. The Bertz CT molecular complexity index is 253. The summed E-state index contributed by atoms with van der Waals surface area (Å²) in [5, 5.41) is 0. The van der Waals surface area contributed by atoms with Gasteiger partial charge >= 0.3 is 0 Å². The molecule has 0 N–H and O–H groups in total. The lowest BCUT2D eigenvalue weighted by Crippen LogP contribution is -2.26. The predicted octanol–water partition coefficient (Wildman–Crippen LogP) is 4.50. The van der Waals surface area contributed by atoms with Gasteiger partial charge in [0, 0.05) is 0 Å². The zero-order valence-corrected chi connectivity index (χ0v) is 9.72. The van der Waals surface area contributed by atoms with Crippen molar-refractivity contribution in [3.8, 4) is 0 Å². The minimum Gasteiger partial charge on any atom is -0.0955 e. The minimum absolute atomic E-state index is 0.379.